The number of non-ortho nitro benzene ring substituents is 1. The van der Waals surface area contributed by atoms with E-state index in [9.17, 15) is 19.7 Å². The SMILES string of the molecule is CNC(=O)c1ccc(CN(C)C(C)C(=O)Nc2cc([N+](=O)[O-])ccc2Cl)cc1. The van der Waals surface area contributed by atoms with Gasteiger partial charge in [0, 0.05) is 31.3 Å². The molecule has 2 aromatic carbocycles. The number of nitrogens with zero attached hydrogens (tertiary/aromatic N) is 2. The van der Waals surface area contributed by atoms with Crippen LogP contribution >= 0.6 is 11.6 Å². The molecule has 2 amide bonds. The van der Waals surface area contributed by atoms with Gasteiger partial charge < -0.3 is 10.6 Å². The molecule has 0 aromatic heterocycles. The van der Waals surface area contributed by atoms with Gasteiger partial charge in [0.15, 0.2) is 0 Å². The molecule has 2 rings (SSSR count). The first kappa shape index (κ1) is 21.3. The summed E-state index contributed by atoms with van der Waals surface area (Å²) in [6, 6.07) is 10.4. The van der Waals surface area contributed by atoms with Crippen molar-refractivity contribution in [2.24, 2.45) is 0 Å². The molecule has 9 heteroatoms. The van der Waals surface area contributed by atoms with Crippen LogP contribution in [0.4, 0.5) is 11.4 Å². The Morgan fingerprint density at radius 3 is 2.43 bits per heavy atom. The van der Waals surface area contributed by atoms with Crippen molar-refractivity contribution in [3.05, 3.63) is 68.7 Å². The van der Waals surface area contributed by atoms with Crippen LogP contribution in [-0.2, 0) is 11.3 Å². The third kappa shape index (κ3) is 5.28. The second-order valence-electron chi connectivity index (χ2n) is 6.28. The minimum Gasteiger partial charge on any atom is -0.355 e. The molecule has 2 aromatic rings. The lowest BCUT2D eigenvalue weighted by atomic mass is 10.1. The molecule has 0 aliphatic heterocycles. The summed E-state index contributed by atoms with van der Waals surface area (Å²) in [5.41, 5.74) is 1.52. The van der Waals surface area contributed by atoms with Crippen molar-refractivity contribution in [3.8, 4) is 0 Å². The van der Waals surface area contributed by atoms with Gasteiger partial charge in [0.1, 0.15) is 0 Å². The first-order chi connectivity index (χ1) is 13.2. The first-order valence-electron chi connectivity index (χ1n) is 8.49. The molecule has 0 fully saturated rings. The fraction of sp³-hybridized carbons (Fsp3) is 0.263. The number of likely N-dealkylation sites (N-methyl/N-ethyl adjacent to an activating group) is 1. The lowest BCUT2D eigenvalue weighted by Gasteiger charge is -2.24. The Bertz CT molecular complexity index is 886. The predicted molar refractivity (Wildman–Crippen MR) is 107 cm³/mol. The van der Waals surface area contributed by atoms with Crippen LogP contribution < -0.4 is 10.6 Å². The topological polar surface area (TPSA) is 105 Å². The van der Waals surface area contributed by atoms with E-state index in [1.807, 2.05) is 17.0 Å². The maximum Gasteiger partial charge on any atom is 0.271 e. The second kappa shape index (κ2) is 9.29. The molecule has 148 valence electrons. The summed E-state index contributed by atoms with van der Waals surface area (Å²) in [6.45, 7) is 2.20. The fourth-order valence-electron chi connectivity index (χ4n) is 2.49. The third-order valence-corrected chi connectivity index (χ3v) is 4.66. The van der Waals surface area contributed by atoms with Gasteiger partial charge in [-0.1, -0.05) is 23.7 Å². The molecule has 0 bridgehead atoms. The zero-order valence-electron chi connectivity index (χ0n) is 15.7. The Labute approximate surface area is 167 Å². The standard InChI is InChI=1S/C19H21ClN4O4/c1-12(18(25)22-17-10-15(24(27)28)8-9-16(17)20)23(3)11-13-4-6-14(7-5-13)19(26)21-2/h4-10,12H,11H2,1-3H3,(H,21,26)(H,22,25). The summed E-state index contributed by atoms with van der Waals surface area (Å²) in [5.74, 6) is -0.506. The largest absolute Gasteiger partial charge is 0.355 e. The lowest BCUT2D eigenvalue weighted by molar-refractivity contribution is -0.384. The van der Waals surface area contributed by atoms with Gasteiger partial charge in [-0.15, -0.1) is 0 Å². The predicted octanol–water partition coefficient (Wildman–Crippen LogP) is 3.07. The van der Waals surface area contributed by atoms with E-state index >= 15 is 0 Å². The number of nitrogens with one attached hydrogen (secondary N) is 2. The van der Waals surface area contributed by atoms with Crippen molar-refractivity contribution in [2.75, 3.05) is 19.4 Å². The molecule has 1 unspecified atom stereocenters. The Kier molecular flexibility index (Phi) is 7.08. The molecule has 0 aliphatic carbocycles. The Morgan fingerprint density at radius 2 is 1.86 bits per heavy atom. The minimum absolute atomic E-state index is 0.156. The molecular weight excluding hydrogens is 384 g/mol. The number of anilines is 1. The Balaban J connectivity index is 2.03. The number of amides is 2. The summed E-state index contributed by atoms with van der Waals surface area (Å²) >= 11 is 6.03. The zero-order valence-corrected chi connectivity index (χ0v) is 16.5. The van der Waals surface area contributed by atoms with E-state index in [1.165, 1.54) is 18.2 Å². The van der Waals surface area contributed by atoms with Gasteiger partial charge in [0.25, 0.3) is 11.6 Å². The molecular formula is C19H21ClN4O4. The van der Waals surface area contributed by atoms with Gasteiger partial charge in [0.05, 0.1) is 21.7 Å². The monoisotopic (exact) mass is 404 g/mol. The van der Waals surface area contributed by atoms with Gasteiger partial charge in [-0.2, -0.15) is 0 Å². The molecule has 0 radical (unpaired) electrons. The van der Waals surface area contributed by atoms with Crippen LogP contribution in [0.2, 0.25) is 5.02 Å². The molecule has 0 heterocycles. The van der Waals surface area contributed by atoms with Crippen LogP contribution in [0.5, 0.6) is 0 Å². The van der Waals surface area contributed by atoms with Gasteiger partial charge in [-0.25, -0.2) is 0 Å². The normalized spacial score (nSPS) is 11.8. The Hall–Kier alpha value is -2.97. The highest BCUT2D eigenvalue weighted by atomic mass is 35.5. The summed E-state index contributed by atoms with van der Waals surface area (Å²) < 4.78 is 0. The quantitative estimate of drug-likeness (QED) is 0.545. The smallest absolute Gasteiger partial charge is 0.271 e. The maximum atomic E-state index is 12.5. The fourth-order valence-corrected chi connectivity index (χ4v) is 2.66. The highest BCUT2D eigenvalue weighted by Crippen LogP contribution is 2.27. The molecule has 28 heavy (non-hydrogen) atoms. The van der Waals surface area contributed by atoms with E-state index in [4.69, 9.17) is 11.6 Å². The van der Waals surface area contributed by atoms with Crippen LogP contribution in [0.15, 0.2) is 42.5 Å². The van der Waals surface area contributed by atoms with Crippen molar-refractivity contribution in [1.82, 2.24) is 10.2 Å². The number of rotatable bonds is 7. The van der Waals surface area contributed by atoms with Crippen molar-refractivity contribution in [3.63, 3.8) is 0 Å². The number of halogens is 1. The van der Waals surface area contributed by atoms with Gasteiger partial charge >= 0.3 is 0 Å². The van der Waals surface area contributed by atoms with Crippen molar-refractivity contribution < 1.29 is 14.5 Å². The minimum atomic E-state index is -0.552. The van der Waals surface area contributed by atoms with Gasteiger partial charge in [0.2, 0.25) is 5.91 Å². The molecule has 0 saturated carbocycles. The average Bonchev–Trinajstić information content (AvgIpc) is 2.68. The lowest BCUT2D eigenvalue weighted by Crippen LogP contribution is -2.39. The summed E-state index contributed by atoms with van der Waals surface area (Å²) in [7, 11) is 3.35. The van der Waals surface area contributed by atoms with Crippen LogP contribution in [0, 0.1) is 10.1 Å². The average molecular weight is 405 g/mol. The van der Waals surface area contributed by atoms with E-state index in [1.54, 1.807) is 33.2 Å². The number of hydrogen-bond donors (Lipinski definition) is 2. The number of hydrogen-bond acceptors (Lipinski definition) is 5. The highest BCUT2D eigenvalue weighted by Gasteiger charge is 2.20. The van der Waals surface area contributed by atoms with E-state index in [2.05, 4.69) is 10.6 Å². The molecule has 0 aliphatic rings. The molecule has 8 nitrogen and oxygen atoms in total. The summed E-state index contributed by atoms with van der Waals surface area (Å²) in [6.07, 6.45) is 0. The van der Waals surface area contributed by atoms with Crippen LogP contribution in [0.25, 0.3) is 0 Å². The number of nitro benzene ring substituents is 1. The third-order valence-electron chi connectivity index (χ3n) is 4.33. The number of benzene rings is 2. The van der Waals surface area contributed by atoms with Crippen molar-refractivity contribution >= 4 is 34.8 Å². The van der Waals surface area contributed by atoms with Gasteiger partial charge in [-0.05, 0) is 37.7 Å². The number of nitro groups is 1. The molecule has 0 saturated heterocycles. The summed E-state index contributed by atoms with van der Waals surface area (Å²) in [4.78, 5) is 36.3. The summed E-state index contributed by atoms with van der Waals surface area (Å²) in [5, 5.41) is 16.3. The maximum absolute atomic E-state index is 12.5. The van der Waals surface area contributed by atoms with E-state index in [0.29, 0.717) is 12.1 Å². The zero-order chi connectivity index (χ0) is 20.8. The number of carbonyl (C=O) groups excluding carboxylic acids is 2. The van der Waals surface area contributed by atoms with Gasteiger partial charge in [-0.3, -0.25) is 24.6 Å². The van der Waals surface area contributed by atoms with Crippen LogP contribution in [0.3, 0.4) is 0 Å². The number of carbonyl (C=O) groups is 2. The molecule has 0 spiro atoms. The van der Waals surface area contributed by atoms with E-state index in [0.717, 1.165) is 5.56 Å². The Morgan fingerprint density at radius 1 is 1.21 bits per heavy atom. The van der Waals surface area contributed by atoms with Crippen LogP contribution in [-0.4, -0.2) is 41.8 Å². The van der Waals surface area contributed by atoms with E-state index in [-0.39, 0.29) is 28.2 Å². The second-order valence-corrected chi connectivity index (χ2v) is 6.68. The van der Waals surface area contributed by atoms with Crippen molar-refractivity contribution in [1.29, 1.82) is 0 Å². The van der Waals surface area contributed by atoms with Crippen LogP contribution in [0.1, 0.15) is 22.8 Å². The highest BCUT2D eigenvalue weighted by molar-refractivity contribution is 6.33. The van der Waals surface area contributed by atoms with Crippen molar-refractivity contribution in [2.45, 2.75) is 19.5 Å². The van der Waals surface area contributed by atoms with E-state index < -0.39 is 11.0 Å². The molecule has 1 atom stereocenters. The molecule has 2 N–H and O–H groups in total. The first-order valence-corrected chi connectivity index (χ1v) is 8.86.